The molecule has 0 saturated heterocycles. The Balaban J connectivity index is 1.56. The van der Waals surface area contributed by atoms with Crippen molar-refractivity contribution in [1.82, 2.24) is 20.2 Å². The van der Waals surface area contributed by atoms with Crippen molar-refractivity contribution in [3.8, 4) is 23.2 Å². The lowest BCUT2D eigenvalue weighted by molar-refractivity contribution is 0.280. The molecule has 0 radical (unpaired) electrons. The maximum atomic E-state index is 8.73. The van der Waals surface area contributed by atoms with Crippen molar-refractivity contribution in [2.75, 3.05) is 6.61 Å². The van der Waals surface area contributed by atoms with Gasteiger partial charge in [-0.15, -0.1) is 10.2 Å². The van der Waals surface area contributed by atoms with Crippen LogP contribution in [0.5, 0.6) is 5.75 Å². The highest BCUT2D eigenvalue weighted by molar-refractivity contribution is 5.52. The van der Waals surface area contributed by atoms with Gasteiger partial charge >= 0.3 is 0 Å². The third-order valence-corrected chi connectivity index (χ3v) is 3.03. The Labute approximate surface area is 127 Å². The number of hydrogen-bond acceptors (Lipinski definition) is 5. The Morgan fingerprint density at radius 1 is 1.05 bits per heavy atom. The molecule has 0 unspecified atom stereocenters. The highest BCUT2D eigenvalue weighted by Crippen LogP contribution is 2.13. The van der Waals surface area contributed by atoms with Crippen molar-refractivity contribution in [3.63, 3.8) is 0 Å². The summed E-state index contributed by atoms with van der Waals surface area (Å²) in [6.07, 6.45) is 0. The third kappa shape index (κ3) is 3.27. The van der Waals surface area contributed by atoms with E-state index in [9.17, 15) is 0 Å². The molecule has 0 aliphatic carbocycles. The van der Waals surface area contributed by atoms with Crippen LogP contribution in [0.2, 0.25) is 0 Å². The monoisotopic (exact) mass is 291 g/mol. The predicted octanol–water partition coefficient (Wildman–Crippen LogP) is 2.29. The summed E-state index contributed by atoms with van der Waals surface area (Å²) in [5.41, 5.74) is 1.54. The van der Waals surface area contributed by atoms with Crippen molar-refractivity contribution in [3.05, 3.63) is 60.2 Å². The third-order valence-electron chi connectivity index (χ3n) is 3.03. The van der Waals surface area contributed by atoms with Crippen molar-refractivity contribution < 1.29 is 4.74 Å². The Morgan fingerprint density at radius 3 is 2.55 bits per heavy atom. The number of nitriles is 1. The molecule has 6 nitrogen and oxygen atoms in total. The van der Waals surface area contributed by atoms with Crippen LogP contribution in [0.1, 0.15) is 5.56 Å². The van der Waals surface area contributed by atoms with Gasteiger partial charge in [0.2, 0.25) is 5.82 Å². The van der Waals surface area contributed by atoms with Crippen LogP contribution in [0, 0.1) is 11.3 Å². The van der Waals surface area contributed by atoms with Gasteiger partial charge in [-0.05, 0) is 29.5 Å². The zero-order valence-corrected chi connectivity index (χ0v) is 11.8. The van der Waals surface area contributed by atoms with E-state index in [0.29, 0.717) is 30.3 Å². The van der Waals surface area contributed by atoms with Gasteiger partial charge in [0.25, 0.3) is 0 Å². The Hall–Kier alpha value is -3.20. The van der Waals surface area contributed by atoms with Gasteiger partial charge in [-0.3, -0.25) is 0 Å². The molecule has 22 heavy (non-hydrogen) atoms. The molecule has 0 amide bonds. The lowest BCUT2D eigenvalue weighted by Gasteiger charge is -2.04. The first kappa shape index (κ1) is 13.8. The fourth-order valence-electron chi connectivity index (χ4n) is 1.91. The Bertz CT molecular complexity index is 774. The molecule has 0 spiro atoms. The Kier molecular flexibility index (Phi) is 4.07. The summed E-state index contributed by atoms with van der Waals surface area (Å²) in [4.78, 5) is 1.51. The van der Waals surface area contributed by atoms with E-state index in [4.69, 9.17) is 10.00 Å². The molecule has 2 aromatic carbocycles. The molecular formula is C16H13N5O. The number of tetrazole rings is 1. The van der Waals surface area contributed by atoms with E-state index in [1.807, 2.05) is 30.3 Å². The fraction of sp³-hybridized carbons (Fsp3) is 0.125. The number of ether oxygens (including phenoxy) is 1. The molecule has 0 N–H and O–H groups in total. The lowest BCUT2D eigenvalue weighted by atomic mass is 10.2. The minimum Gasteiger partial charge on any atom is -0.492 e. The molecule has 0 aliphatic heterocycles. The van der Waals surface area contributed by atoms with Crippen LogP contribution in [-0.2, 0) is 6.54 Å². The molecule has 0 aliphatic rings. The minimum atomic E-state index is 0.427. The van der Waals surface area contributed by atoms with Crippen molar-refractivity contribution in [2.45, 2.75) is 6.54 Å². The highest BCUT2D eigenvalue weighted by Gasteiger charge is 2.05. The topological polar surface area (TPSA) is 76.6 Å². The highest BCUT2D eigenvalue weighted by atomic mass is 16.5. The molecule has 0 fully saturated rings. The maximum absolute atomic E-state index is 8.73. The minimum absolute atomic E-state index is 0.427. The summed E-state index contributed by atoms with van der Waals surface area (Å²) < 4.78 is 5.59. The summed E-state index contributed by atoms with van der Waals surface area (Å²) in [7, 11) is 0. The average molecular weight is 291 g/mol. The van der Waals surface area contributed by atoms with Crippen molar-refractivity contribution >= 4 is 0 Å². The van der Waals surface area contributed by atoms with Crippen LogP contribution in [0.25, 0.3) is 11.4 Å². The van der Waals surface area contributed by atoms with Gasteiger partial charge in [-0.1, -0.05) is 30.3 Å². The van der Waals surface area contributed by atoms with Gasteiger partial charge in [0.15, 0.2) is 0 Å². The number of rotatable bonds is 5. The Morgan fingerprint density at radius 2 is 1.82 bits per heavy atom. The second-order valence-electron chi connectivity index (χ2n) is 4.56. The summed E-state index contributed by atoms with van der Waals surface area (Å²) in [5, 5.41) is 21.1. The first-order chi connectivity index (χ1) is 10.8. The van der Waals surface area contributed by atoms with Crippen LogP contribution in [-0.4, -0.2) is 26.8 Å². The van der Waals surface area contributed by atoms with E-state index in [0.717, 1.165) is 5.56 Å². The first-order valence-corrected chi connectivity index (χ1v) is 6.81. The first-order valence-electron chi connectivity index (χ1n) is 6.81. The molecule has 3 aromatic rings. The van der Waals surface area contributed by atoms with Crippen LogP contribution < -0.4 is 4.74 Å². The molecule has 108 valence electrons. The van der Waals surface area contributed by atoms with Gasteiger partial charge in [0.05, 0.1) is 18.2 Å². The number of aromatic nitrogens is 4. The second kappa shape index (κ2) is 6.50. The quantitative estimate of drug-likeness (QED) is 0.720. The normalized spacial score (nSPS) is 10.1. The van der Waals surface area contributed by atoms with E-state index < -0.39 is 0 Å². The van der Waals surface area contributed by atoms with E-state index in [1.54, 1.807) is 24.3 Å². The zero-order valence-electron chi connectivity index (χ0n) is 11.8. The molecule has 0 atom stereocenters. The molecule has 3 rings (SSSR count). The van der Waals surface area contributed by atoms with E-state index in [1.165, 1.54) is 4.80 Å². The van der Waals surface area contributed by atoms with E-state index >= 15 is 0 Å². The summed E-state index contributed by atoms with van der Waals surface area (Å²) in [6, 6.07) is 18.7. The standard InChI is InChI=1S/C16H13N5O/c17-12-13-6-8-15(9-7-13)22-11-10-21-19-16(18-20-21)14-4-2-1-3-5-14/h1-9H,10-11H2. The molecule has 0 saturated carbocycles. The number of nitrogens with zero attached hydrogens (tertiary/aromatic N) is 5. The molecular weight excluding hydrogens is 278 g/mol. The van der Waals surface area contributed by atoms with Gasteiger partial charge in [0.1, 0.15) is 12.4 Å². The molecule has 6 heteroatoms. The van der Waals surface area contributed by atoms with E-state index in [2.05, 4.69) is 21.5 Å². The van der Waals surface area contributed by atoms with Gasteiger partial charge in [-0.25, -0.2) is 0 Å². The van der Waals surface area contributed by atoms with Gasteiger partial charge in [-0.2, -0.15) is 10.1 Å². The van der Waals surface area contributed by atoms with Crippen molar-refractivity contribution in [1.29, 1.82) is 5.26 Å². The number of benzene rings is 2. The summed E-state index contributed by atoms with van der Waals surface area (Å²) in [5.74, 6) is 1.31. The van der Waals surface area contributed by atoms with Crippen molar-refractivity contribution in [2.24, 2.45) is 0 Å². The fourth-order valence-corrected chi connectivity index (χ4v) is 1.91. The molecule has 0 bridgehead atoms. The van der Waals surface area contributed by atoms with Crippen LogP contribution >= 0.6 is 0 Å². The van der Waals surface area contributed by atoms with Gasteiger partial charge < -0.3 is 4.74 Å². The smallest absolute Gasteiger partial charge is 0.204 e. The van der Waals surface area contributed by atoms with Crippen LogP contribution in [0.15, 0.2) is 54.6 Å². The predicted molar refractivity (Wildman–Crippen MR) is 79.9 cm³/mol. The zero-order chi connectivity index (χ0) is 15.2. The van der Waals surface area contributed by atoms with Crippen LogP contribution in [0.4, 0.5) is 0 Å². The lowest BCUT2D eigenvalue weighted by Crippen LogP contribution is -2.11. The van der Waals surface area contributed by atoms with Gasteiger partial charge in [0, 0.05) is 5.56 Å². The van der Waals surface area contributed by atoms with Crippen LogP contribution in [0.3, 0.4) is 0 Å². The molecule has 1 aromatic heterocycles. The average Bonchev–Trinajstić information content (AvgIpc) is 3.05. The largest absolute Gasteiger partial charge is 0.492 e. The summed E-state index contributed by atoms with van der Waals surface area (Å²) in [6.45, 7) is 0.927. The number of hydrogen-bond donors (Lipinski definition) is 0. The second-order valence-corrected chi connectivity index (χ2v) is 4.56. The maximum Gasteiger partial charge on any atom is 0.204 e. The summed E-state index contributed by atoms with van der Waals surface area (Å²) >= 11 is 0. The van der Waals surface area contributed by atoms with E-state index in [-0.39, 0.29) is 0 Å². The SMILES string of the molecule is N#Cc1ccc(OCCn2nnc(-c3ccccc3)n2)cc1. The molecule has 1 heterocycles.